The Morgan fingerprint density at radius 2 is 2.24 bits per heavy atom. The molecular formula is C12H15ClFNO2. The van der Waals surface area contributed by atoms with Gasteiger partial charge in [-0.2, -0.15) is 0 Å². The van der Waals surface area contributed by atoms with Crippen molar-refractivity contribution in [2.75, 3.05) is 11.9 Å². The molecule has 17 heavy (non-hydrogen) atoms. The number of rotatable bonds is 5. The van der Waals surface area contributed by atoms with Crippen LogP contribution >= 0.6 is 11.6 Å². The van der Waals surface area contributed by atoms with E-state index >= 15 is 0 Å². The molecule has 0 saturated carbocycles. The van der Waals surface area contributed by atoms with Gasteiger partial charge in [0.15, 0.2) is 0 Å². The number of hydrogen-bond donors (Lipinski definition) is 2. The number of nitrogens with one attached hydrogen (secondary N) is 1. The van der Waals surface area contributed by atoms with Crippen molar-refractivity contribution in [2.24, 2.45) is 5.92 Å². The summed E-state index contributed by atoms with van der Waals surface area (Å²) < 4.78 is 13.3. The monoisotopic (exact) mass is 259 g/mol. The molecule has 0 saturated heterocycles. The summed E-state index contributed by atoms with van der Waals surface area (Å²) in [5, 5.41) is 12.1. The first-order chi connectivity index (χ1) is 7.95. The van der Waals surface area contributed by atoms with Crippen LogP contribution in [0.4, 0.5) is 10.1 Å². The highest BCUT2D eigenvalue weighted by molar-refractivity contribution is 6.33. The van der Waals surface area contributed by atoms with Crippen LogP contribution in [-0.4, -0.2) is 17.6 Å². The Labute approximate surface area is 105 Å². The van der Waals surface area contributed by atoms with Crippen LogP contribution in [0.5, 0.6) is 0 Å². The summed E-state index contributed by atoms with van der Waals surface area (Å²) in [6.07, 6.45) is 0.508. The zero-order valence-corrected chi connectivity index (χ0v) is 10.5. The summed E-state index contributed by atoms with van der Waals surface area (Å²) in [5.41, 5.74) is 0.889. The molecule has 0 aliphatic rings. The number of halogens is 2. The molecule has 1 rings (SSSR count). The second-order valence-electron chi connectivity index (χ2n) is 3.91. The van der Waals surface area contributed by atoms with Crippen molar-refractivity contribution < 1.29 is 14.3 Å². The predicted molar refractivity (Wildman–Crippen MR) is 66.1 cm³/mol. The summed E-state index contributed by atoms with van der Waals surface area (Å²) in [7, 11) is 0. The molecule has 3 nitrogen and oxygen atoms in total. The van der Waals surface area contributed by atoms with E-state index in [1.807, 2.05) is 0 Å². The van der Waals surface area contributed by atoms with Gasteiger partial charge >= 0.3 is 5.97 Å². The van der Waals surface area contributed by atoms with Gasteiger partial charge in [0.25, 0.3) is 0 Å². The largest absolute Gasteiger partial charge is 0.481 e. The summed E-state index contributed by atoms with van der Waals surface area (Å²) in [6.45, 7) is 3.64. The van der Waals surface area contributed by atoms with Gasteiger partial charge in [-0.25, -0.2) is 4.39 Å². The highest BCUT2D eigenvalue weighted by Crippen LogP contribution is 2.25. The molecule has 5 heteroatoms. The zero-order chi connectivity index (χ0) is 13.0. The van der Waals surface area contributed by atoms with Gasteiger partial charge in [0, 0.05) is 6.54 Å². The summed E-state index contributed by atoms with van der Waals surface area (Å²) in [4.78, 5) is 10.8. The van der Waals surface area contributed by atoms with Crippen molar-refractivity contribution in [2.45, 2.75) is 20.3 Å². The van der Waals surface area contributed by atoms with E-state index in [1.54, 1.807) is 13.8 Å². The Bertz CT molecular complexity index is 423. The van der Waals surface area contributed by atoms with E-state index in [4.69, 9.17) is 16.7 Å². The van der Waals surface area contributed by atoms with E-state index < -0.39 is 11.9 Å². The summed E-state index contributed by atoms with van der Waals surface area (Å²) >= 11 is 5.93. The van der Waals surface area contributed by atoms with E-state index in [9.17, 15) is 9.18 Å². The molecule has 2 N–H and O–H groups in total. The number of carbonyl (C=O) groups is 1. The second-order valence-corrected chi connectivity index (χ2v) is 4.31. The van der Waals surface area contributed by atoms with Crippen LogP contribution in [0.3, 0.4) is 0 Å². The minimum absolute atomic E-state index is 0.230. The Kier molecular flexibility index (Phi) is 4.75. The first-order valence-electron chi connectivity index (χ1n) is 5.38. The lowest BCUT2D eigenvalue weighted by Gasteiger charge is -2.13. The van der Waals surface area contributed by atoms with Crippen molar-refractivity contribution in [1.29, 1.82) is 0 Å². The first kappa shape index (κ1) is 13.8. The molecule has 0 heterocycles. The third kappa shape index (κ3) is 3.60. The van der Waals surface area contributed by atoms with E-state index in [0.717, 1.165) is 0 Å². The van der Waals surface area contributed by atoms with Crippen LogP contribution in [0, 0.1) is 18.7 Å². The van der Waals surface area contributed by atoms with E-state index in [-0.39, 0.29) is 12.4 Å². The van der Waals surface area contributed by atoms with Crippen molar-refractivity contribution in [3.63, 3.8) is 0 Å². The second kappa shape index (κ2) is 5.87. The van der Waals surface area contributed by atoms with E-state index in [2.05, 4.69) is 5.32 Å². The maximum Gasteiger partial charge on any atom is 0.308 e. The average Bonchev–Trinajstić information content (AvgIpc) is 2.25. The average molecular weight is 260 g/mol. The molecule has 0 radical (unpaired) electrons. The van der Waals surface area contributed by atoms with Gasteiger partial charge in [-0.15, -0.1) is 0 Å². The predicted octanol–water partition coefficient (Wildman–Crippen LogP) is 3.31. The number of hydrogen-bond acceptors (Lipinski definition) is 2. The standard InChI is InChI=1S/C12H15ClFNO2/c1-3-8(12(16)17)6-15-11-5-10(14)7(2)4-9(11)13/h4-5,8,15H,3,6H2,1-2H3,(H,16,17). The molecule has 0 aromatic heterocycles. The first-order valence-corrected chi connectivity index (χ1v) is 5.75. The van der Waals surface area contributed by atoms with Gasteiger partial charge in [-0.1, -0.05) is 18.5 Å². The lowest BCUT2D eigenvalue weighted by atomic mass is 10.1. The Morgan fingerprint density at radius 1 is 1.59 bits per heavy atom. The fourth-order valence-corrected chi connectivity index (χ4v) is 1.71. The minimum atomic E-state index is -0.872. The van der Waals surface area contributed by atoms with Gasteiger partial charge in [0.05, 0.1) is 16.6 Å². The molecule has 1 aromatic carbocycles. The van der Waals surface area contributed by atoms with Crippen LogP contribution in [0.15, 0.2) is 12.1 Å². The van der Waals surface area contributed by atoms with Crippen LogP contribution in [0.1, 0.15) is 18.9 Å². The maximum atomic E-state index is 13.3. The van der Waals surface area contributed by atoms with Crippen LogP contribution < -0.4 is 5.32 Å². The molecule has 0 amide bonds. The molecule has 1 aromatic rings. The summed E-state index contributed by atoms with van der Waals surface area (Å²) in [5.74, 6) is -1.74. The molecule has 1 unspecified atom stereocenters. The normalized spacial score (nSPS) is 12.2. The zero-order valence-electron chi connectivity index (χ0n) is 9.76. The van der Waals surface area contributed by atoms with Gasteiger partial charge in [0.2, 0.25) is 0 Å². The molecule has 0 aliphatic carbocycles. The lowest BCUT2D eigenvalue weighted by Crippen LogP contribution is -2.22. The van der Waals surface area contributed by atoms with Crippen LogP contribution in [0.2, 0.25) is 5.02 Å². The molecule has 0 fully saturated rings. The third-order valence-electron chi connectivity index (χ3n) is 2.63. The lowest BCUT2D eigenvalue weighted by molar-refractivity contribution is -0.141. The topological polar surface area (TPSA) is 49.3 Å². The number of anilines is 1. The molecule has 1 atom stereocenters. The van der Waals surface area contributed by atoms with Crippen LogP contribution in [-0.2, 0) is 4.79 Å². The fourth-order valence-electron chi connectivity index (χ4n) is 1.42. The van der Waals surface area contributed by atoms with E-state index in [1.165, 1.54) is 12.1 Å². The Hall–Kier alpha value is -1.29. The molecule has 0 aliphatic heterocycles. The van der Waals surface area contributed by atoms with Gasteiger partial charge < -0.3 is 10.4 Å². The van der Waals surface area contributed by atoms with Crippen molar-refractivity contribution in [3.8, 4) is 0 Å². The van der Waals surface area contributed by atoms with Crippen molar-refractivity contribution in [3.05, 3.63) is 28.5 Å². The Morgan fingerprint density at radius 3 is 2.76 bits per heavy atom. The SMILES string of the molecule is CCC(CNc1cc(F)c(C)cc1Cl)C(=O)O. The maximum absolute atomic E-state index is 13.3. The molecule has 0 bridgehead atoms. The number of aryl methyl sites for hydroxylation is 1. The molecule has 94 valence electrons. The minimum Gasteiger partial charge on any atom is -0.481 e. The highest BCUT2D eigenvalue weighted by Gasteiger charge is 2.15. The van der Waals surface area contributed by atoms with Gasteiger partial charge in [-0.05, 0) is 31.0 Å². The number of carboxylic acid groups (broad SMARTS) is 1. The fraction of sp³-hybridized carbons (Fsp3) is 0.417. The number of aliphatic carboxylic acids is 1. The smallest absolute Gasteiger partial charge is 0.308 e. The van der Waals surface area contributed by atoms with Crippen LogP contribution in [0.25, 0.3) is 0 Å². The van der Waals surface area contributed by atoms with Crippen molar-refractivity contribution in [1.82, 2.24) is 0 Å². The highest BCUT2D eigenvalue weighted by atomic mass is 35.5. The van der Waals surface area contributed by atoms with E-state index in [0.29, 0.717) is 22.7 Å². The molecule has 0 spiro atoms. The summed E-state index contributed by atoms with van der Waals surface area (Å²) in [6, 6.07) is 2.80. The Balaban J connectivity index is 2.75. The van der Waals surface area contributed by atoms with Crippen molar-refractivity contribution >= 4 is 23.3 Å². The number of carboxylic acids is 1. The van der Waals surface area contributed by atoms with Gasteiger partial charge in [0.1, 0.15) is 5.82 Å². The van der Waals surface area contributed by atoms with Gasteiger partial charge in [-0.3, -0.25) is 4.79 Å². The third-order valence-corrected chi connectivity index (χ3v) is 2.94. The number of benzene rings is 1. The quantitative estimate of drug-likeness (QED) is 0.853. The molecular weight excluding hydrogens is 245 g/mol.